The molecule has 1 aliphatic carbocycles. The van der Waals surface area contributed by atoms with Crippen molar-refractivity contribution < 1.29 is 8.42 Å². The first-order valence-electron chi connectivity index (χ1n) is 7.17. The maximum absolute atomic E-state index is 12.6. The van der Waals surface area contributed by atoms with Crippen molar-refractivity contribution >= 4 is 44.8 Å². The second-order valence-corrected chi connectivity index (χ2v) is 9.83. The van der Waals surface area contributed by atoms with Crippen molar-refractivity contribution in [2.24, 2.45) is 11.3 Å². The van der Waals surface area contributed by atoms with Crippen LogP contribution in [0.5, 0.6) is 0 Å². The molecule has 0 saturated heterocycles. The largest absolute Gasteiger partial charge is 0.242 e. The van der Waals surface area contributed by atoms with E-state index < -0.39 is 10.0 Å². The van der Waals surface area contributed by atoms with E-state index in [9.17, 15) is 8.42 Å². The minimum Gasteiger partial charge on any atom is -0.208 e. The summed E-state index contributed by atoms with van der Waals surface area (Å²) in [7, 11) is -3.73. The van der Waals surface area contributed by atoms with Crippen LogP contribution in [0.15, 0.2) is 17.0 Å². The molecule has 0 heterocycles. The van der Waals surface area contributed by atoms with Gasteiger partial charge in [-0.2, -0.15) is 0 Å². The standard InChI is InChI=1S/C15H20Cl3NO2S/c1-9-4-10(8-15(2,3)7-9)19-22(20,21)14-6-12(17)11(16)5-13(14)18/h5-6,9-10,19H,4,7-8H2,1-3H3. The molecule has 1 aromatic carbocycles. The lowest BCUT2D eigenvalue weighted by Gasteiger charge is -2.39. The smallest absolute Gasteiger partial charge is 0.208 e. The van der Waals surface area contributed by atoms with Crippen LogP contribution in [0.3, 0.4) is 0 Å². The number of benzene rings is 1. The highest BCUT2D eigenvalue weighted by Gasteiger charge is 2.34. The van der Waals surface area contributed by atoms with Gasteiger partial charge in [-0.05, 0) is 42.7 Å². The molecule has 124 valence electrons. The maximum atomic E-state index is 12.6. The van der Waals surface area contributed by atoms with Gasteiger partial charge < -0.3 is 0 Å². The van der Waals surface area contributed by atoms with Crippen LogP contribution in [-0.2, 0) is 10.0 Å². The van der Waals surface area contributed by atoms with Crippen molar-refractivity contribution in [2.75, 3.05) is 0 Å². The van der Waals surface area contributed by atoms with Crippen LogP contribution in [-0.4, -0.2) is 14.5 Å². The average molecular weight is 385 g/mol. The quantitative estimate of drug-likeness (QED) is 0.733. The van der Waals surface area contributed by atoms with Crippen LogP contribution in [0.1, 0.15) is 40.0 Å². The molecular formula is C15H20Cl3NO2S. The molecule has 2 rings (SSSR count). The summed E-state index contributed by atoms with van der Waals surface area (Å²) >= 11 is 17.8. The molecule has 1 fully saturated rings. The van der Waals surface area contributed by atoms with Gasteiger partial charge in [0.1, 0.15) is 4.90 Å². The Morgan fingerprint density at radius 2 is 1.68 bits per heavy atom. The van der Waals surface area contributed by atoms with Crippen molar-refractivity contribution in [3.05, 3.63) is 27.2 Å². The molecule has 3 nitrogen and oxygen atoms in total. The lowest BCUT2D eigenvalue weighted by molar-refractivity contribution is 0.163. The zero-order valence-corrected chi connectivity index (χ0v) is 15.9. The Morgan fingerprint density at radius 1 is 1.09 bits per heavy atom. The van der Waals surface area contributed by atoms with Gasteiger partial charge >= 0.3 is 0 Å². The maximum Gasteiger partial charge on any atom is 0.242 e. The van der Waals surface area contributed by atoms with Crippen LogP contribution in [0.4, 0.5) is 0 Å². The highest BCUT2D eigenvalue weighted by molar-refractivity contribution is 7.89. The molecule has 0 bridgehead atoms. The Morgan fingerprint density at radius 3 is 2.27 bits per heavy atom. The first-order valence-corrected chi connectivity index (χ1v) is 9.79. The summed E-state index contributed by atoms with van der Waals surface area (Å²) in [6.07, 6.45) is 2.72. The van der Waals surface area contributed by atoms with Gasteiger partial charge in [0.25, 0.3) is 0 Å². The van der Waals surface area contributed by atoms with Gasteiger partial charge in [-0.3, -0.25) is 0 Å². The predicted octanol–water partition coefficient (Wildman–Crippen LogP) is 5.14. The van der Waals surface area contributed by atoms with E-state index in [4.69, 9.17) is 34.8 Å². The fraction of sp³-hybridized carbons (Fsp3) is 0.600. The summed E-state index contributed by atoms with van der Waals surface area (Å²) < 4.78 is 28.0. The highest BCUT2D eigenvalue weighted by atomic mass is 35.5. The Hall–Kier alpha value is -0.000000000000000111. The van der Waals surface area contributed by atoms with Crippen LogP contribution in [0.25, 0.3) is 0 Å². The molecule has 22 heavy (non-hydrogen) atoms. The summed E-state index contributed by atoms with van der Waals surface area (Å²) in [5.41, 5.74) is 0.117. The van der Waals surface area contributed by atoms with Gasteiger partial charge in [-0.15, -0.1) is 0 Å². The van der Waals surface area contributed by atoms with Gasteiger partial charge in [0.15, 0.2) is 0 Å². The lowest BCUT2D eigenvalue weighted by atomic mass is 9.71. The first-order chi connectivity index (χ1) is 10.00. The second-order valence-electron chi connectivity index (χ2n) is 6.93. The lowest BCUT2D eigenvalue weighted by Crippen LogP contribution is -2.42. The van der Waals surface area contributed by atoms with E-state index >= 15 is 0 Å². The molecule has 1 N–H and O–H groups in total. The molecule has 7 heteroatoms. The minimum atomic E-state index is -3.73. The zero-order chi connectivity index (χ0) is 16.7. The van der Waals surface area contributed by atoms with Crippen molar-refractivity contribution in [3.8, 4) is 0 Å². The van der Waals surface area contributed by atoms with Crippen molar-refractivity contribution in [3.63, 3.8) is 0 Å². The molecule has 0 spiro atoms. The topological polar surface area (TPSA) is 46.2 Å². The number of rotatable bonds is 3. The Kier molecular flexibility index (Phi) is 5.40. The molecule has 0 aromatic heterocycles. The third-order valence-corrected chi connectivity index (χ3v) is 6.68. The Bertz CT molecular complexity index is 674. The molecule has 0 aliphatic heterocycles. The van der Waals surface area contributed by atoms with Crippen molar-refractivity contribution in [1.29, 1.82) is 0 Å². The van der Waals surface area contributed by atoms with E-state index in [0.29, 0.717) is 5.92 Å². The summed E-state index contributed by atoms with van der Waals surface area (Å²) in [5.74, 6) is 0.473. The SMILES string of the molecule is CC1CC(NS(=O)(=O)c2cc(Cl)c(Cl)cc2Cl)CC(C)(C)C1. The molecule has 1 aliphatic rings. The molecule has 1 saturated carbocycles. The molecule has 2 atom stereocenters. The van der Waals surface area contributed by atoms with Crippen LogP contribution < -0.4 is 4.72 Å². The first kappa shape index (κ1) is 18.3. The molecule has 2 unspecified atom stereocenters. The van der Waals surface area contributed by atoms with Gasteiger partial charge in [0.2, 0.25) is 10.0 Å². The second kappa shape index (κ2) is 6.48. The number of halogens is 3. The third kappa shape index (κ3) is 4.30. The average Bonchev–Trinajstić information content (AvgIpc) is 2.30. The third-order valence-electron chi connectivity index (χ3n) is 3.97. The van der Waals surface area contributed by atoms with E-state index in [1.807, 2.05) is 0 Å². The molecule has 0 radical (unpaired) electrons. The number of sulfonamides is 1. The number of hydrogen-bond acceptors (Lipinski definition) is 2. The fourth-order valence-corrected chi connectivity index (χ4v) is 5.68. The van der Waals surface area contributed by atoms with E-state index in [1.165, 1.54) is 12.1 Å². The van der Waals surface area contributed by atoms with Gasteiger partial charge in [0.05, 0.1) is 15.1 Å². The highest BCUT2D eigenvalue weighted by Crippen LogP contribution is 2.39. The summed E-state index contributed by atoms with van der Waals surface area (Å²) in [6.45, 7) is 6.47. The number of hydrogen-bond donors (Lipinski definition) is 1. The molecule has 0 amide bonds. The Balaban J connectivity index is 2.27. The van der Waals surface area contributed by atoms with Crippen LogP contribution >= 0.6 is 34.8 Å². The van der Waals surface area contributed by atoms with Crippen molar-refractivity contribution in [1.82, 2.24) is 4.72 Å². The molecular weight excluding hydrogens is 365 g/mol. The van der Waals surface area contributed by atoms with E-state index in [0.717, 1.165) is 19.3 Å². The van der Waals surface area contributed by atoms with Gasteiger partial charge in [-0.25, -0.2) is 13.1 Å². The van der Waals surface area contributed by atoms with E-state index in [2.05, 4.69) is 25.5 Å². The summed E-state index contributed by atoms with van der Waals surface area (Å²) in [5, 5.41) is 0.479. The normalized spacial score (nSPS) is 25.2. The van der Waals surface area contributed by atoms with Crippen LogP contribution in [0.2, 0.25) is 15.1 Å². The summed E-state index contributed by atoms with van der Waals surface area (Å²) in [4.78, 5) is -0.0281. The fourth-order valence-electron chi connectivity index (χ4n) is 3.43. The zero-order valence-electron chi connectivity index (χ0n) is 12.8. The van der Waals surface area contributed by atoms with Crippen molar-refractivity contribution in [2.45, 2.75) is 51.0 Å². The molecule has 1 aromatic rings. The van der Waals surface area contributed by atoms with E-state index in [1.54, 1.807) is 0 Å². The minimum absolute atomic E-state index is 0.0281. The van der Waals surface area contributed by atoms with E-state index in [-0.39, 0.29) is 31.4 Å². The van der Waals surface area contributed by atoms with Crippen LogP contribution in [0, 0.1) is 11.3 Å². The Labute approximate surface area is 147 Å². The predicted molar refractivity (Wildman–Crippen MR) is 92.4 cm³/mol. The number of nitrogens with one attached hydrogen (secondary N) is 1. The monoisotopic (exact) mass is 383 g/mol. The van der Waals surface area contributed by atoms with Gasteiger partial charge in [-0.1, -0.05) is 55.6 Å². The van der Waals surface area contributed by atoms with Gasteiger partial charge in [0, 0.05) is 6.04 Å². The summed E-state index contributed by atoms with van der Waals surface area (Å²) in [6, 6.07) is 2.55.